The van der Waals surface area contributed by atoms with Crippen molar-refractivity contribution in [1.82, 2.24) is 28.7 Å². The molecular weight excluding hydrogens is 913 g/mol. The third-order valence-corrected chi connectivity index (χ3v) is 14.9. The molecule has 15 aromatic rings. The third-order valence-electron chi connectivity index (χ3n) is 14.9. The van der Waals surface area contributed by atoms with Crippen molar-refractivity contribution in [3.8, 4) is 73.5 Å². The number of hydrogen-bond donors (Lipinski definition) is 0. The summed E-state index contributed by atoms with van der Waals surface area (Å²) >= 11 is 0. The van der Waals surface area contributed by atoms with Gasteiger partial charge in [-0.3, -0.25) is 0 Å². The summed E-state index contributed by atoms with van der Waals surface area (Å²) in [5.41, 5.74) is 17.6. The second-order valence-corrected chi connectivity index (χ2v) is 19.2. The molecule has 0 amide bonds. The molecule has 0 bridgehead atoms. The molecule has 0 atom stereocenters. The summed E-state index contributed by atoms with van der Waals surface area (Å²) in [5, 5.41) is 7.33. The van der Waals surface area contributed by atoms with Gasteiger partial charge < -0.3 is 13.7 Å². The molecule has 15 rings (SSSR count). The Kier molecular flexibility index (Phi) is 9.78. The van der Waals surface area contributed by atoms with Crippen LogP contribution in [0.1, 0.15) is 0 Å². The predicted molar refractivity (Wildman–Crippen MR) is 310 cm³/mol. The molecule has 0 unspecified atom stereocenters. The zero-order valence-electron chi connectivity index (χ0n) is 40.6. The summed E-state index contributed by atoms with van der Waals surface area (Å²) in [6.45, 7) is 0. The van der Waals surface area contributed by atoms with E-state index in [1.807, 2.05) is 36.4 Å². The molecule has 6 nitrogen and oxygen atoms in total. The van der Waals surface area contributed by atoms with Crippen molar-refractivity contribution in [3.63, 3.8) is 0 Å². The predicted octanol–water partition coefficient (Wildman–Crippen LogP) is 17.5. The third kappa shape index (κ3) is 6.99. The maximum absolute atomic E-state index is 5.16. The summed E-state index contributed by atoms with van der Waals surface area (Å²) in [5.74, 6) is 1.87. The standard InChI is InChI=1S/C69H44N6/c1-4-18-46(19-5-1)67-70-68(47-20-6-2-7-21-47)72-69(71-67)50-36-41-64(75-62-30-16-10-24-53(62)54-25-11-17-31-63(54)75)57(44-50)45-32-37-52(38-33-45)74-61-29-15-13-27-56(61)59-43-49(35-40-66(59)74)48-34-39-65-58(42-48)55-26-12-14-28-60(55)73(65)51-22-8-3-9-23-51/h1-44H. The summed E-state index contributed by atoms with van der Waals surface area (Å²) in [7, 11) is 0. The van der Waals surface area contributed by atoms with E-state index in [1.54, 1.807) is 0 Å². The minimum atomic E-state index is 0.609. The lowest BCUT2D eigenvalue weighted by Crippen LogP contribution is -2.02. The number of aromatic nitrogens is 6. The molecule has 0 radical (unpaired) electrons. The van der Waals surface area contributed by atoms with Crippen molar-refractivity contribution >= 4 is 65.4 Å². The average molecular weight is 957 g/mol. The van der Waals surface area contributed by atoms with Gasteiger partial charge in [0.15, 0.2) is 17.5 Å². The Labute approximate surface area is 432 Å². The van der Waals surface area contributed by atoms with Crippen LogP contribution in [0.3, 0.4) is 0 Å². The van der Waals surface area contributed by atoms with Crippen LogP contribution >= 0.6 is 0 Å². The van der Waals surface area contributed by atoms with E-state index >= 15 is 0 Å². The van der Waals surface area contributed by atoms with Crippen molar-refractivity contribution in [2.75, 3.05) is 0 Å². The highest BCUT2D eigenvalue weighted by Crippen LogP contribution is 2.41. The molecule has 0 saturated heterocycles. The summed E-state index contributed by atoms with van der Waals surface area (Å²) < 4.78 is 7.18. The quantitative estimate of drug-likeness (QED) is 0.152. The van der Waals surface area contributed by atoms with Gasteiger partial charge in [0.2, 0.25) is 0 Å². The first-order valence-corrected chi connectivity index (χ1v) is 25.4. The maximum atomic E-state index is 5.16. The Morgan fingerprint density at radius 2 is 0.560 bits per heavy atom. The first kappa shape index (κ1) is 42.5. The summed E-state index contributed by atoms with van der Waals surface area (Å²) in [6.07, 6.45) is 0. The van der Waals surface area contributed by atoms with Gasteiger partial charge in [-0.1, -0.05) is 176 Å². The highest BCUT2D eigenvalue weighted by Gasteiger charge is 2.21. The molecule has 0 N–H and O–H groups in total. The van der Waals surface area contributed by atoms with Crippen molar-refractivity contribution in [2.24, 2.45) is 0 Å². The largest absolute Gasteiger partial charge is 0.309 e. The highest BCUT2D eigenvalue weighted by molar-refractivity contribution is 6.13. The van der Waals surface area contributed by atoms with Crippen LogP contribution in [0.15, 0.2) is 267 Å². The first-order valence-electron chi connectivity index (χ1n) is 25.4. The molecular formula is C69H44N6. The van der Waals surface area contributed by atoms with E-state index in [1.165, 1.54) is 54.5 Å². The van der Waals surface area contributed by atoms with Crippen LogP contribution in [0.5, 0.6) is 0 Å². The molecule has 11 aromatic carbocycles. The monoisotopic (exact) mass is 956 g/mol. The van der Waals surface area contributed by atoms with Gasteiger partial charge in [-0.15, -0.1) is 0 Å². The highest BCUT2D eigenvalue weighted by atomic mass is 15.0. The Hall–Kier alpha value is -10.2. The van der Waals surface area contributed by atoms with Crippen LogP contribution in [-0.4, -0.2) is 28.7 Å². The molecule has 0 aliphatic rings. The van der Waals surface area contributed by atoms with Crippen molar-refractivity contribution in [2.45, 2.75) is 0 Å². The van der Waals surface area contributed by atoms with Gasteiger partial charge >= 0.3 is 0 Å². The molecule has 4 aromatic heterocycles. The van der Waals surface area contributed by atoms with Gasteiger partial charge in [-0.05, 0) is 108 Å². The van der Waals surface area contributed by atoms with Gasteiger partial charge in [0.1, 0.15) is 0 Å². The van der Waals surface area contributed by atoms with Crippen LogP contribution in [0.4, 0.5) is 0 Å². The van der Waals surface area contributed by atoms with Crippen molar-refractivity contribution in [1.29, 1.82) is 0 Å². The van der Waals surface area contributed by atoms with Crippen molar-refractivity contribution < 1.29 is 0 Å². The van der Waals surface area contributed by atoms with E-state index in [0.29, 0.717) is 17.5 Å². The number of fused-ring (bicyclic) bond motifs is 9. The number of rotatable bonds is 8. The Balaban J connectivity index is 0.877. The summed E-state index contributed by atoms with van der Waals surface area (Å²) in [4.78, 5) is 15.3. The fraction of sp³-hybridized carbons (Fsp3) is 0. The molecule has 0 fully saturated rings. The molecule has 4 heterocycles. The van der Waals surface area contributed by atoms with Crippen LogP contribution in [-0.2, 0) is 0 Å². The number of nitrogens with zero attached hydrogens (tertiary/aromatic N) is 6. The van der Waals surface area contributed by atoms with Gasteiger partial charge in [0.05, 0.1) is 38.8 Å². The van der Waals surface area contributed by atoms with Crippen LogP contribution in [0.25, 0.3) is 139 Å². The van der Waals surface area contributed by atoms with E-state index in [0.717, 1.165) is 66.9 Å². The number of hydrogen-bond acceptors (Lipinski definition) is 3. The molecule has 0 aliphatic carbocycles. The fourth-order valence-corrected chi connectivity index (χ4v) is 11.4. The van der Waals surface area contributed by atoms with E-state index in [2.05, 4.69) is 244 Å². The van der Waals surface area contributed by atoms with Crippen LogP contribution in [0.2, 0.25) is 0 Å². The molecule has 0 saturated carbocycles. The maximum Gasteiger partial charge on any atom is 0.164 e. The summed E-state index contributed by atoms with van der Waals surface area (Å²) in [6, 6.07) is 95.4. The van der Waals surface area contributed by atoms with E-state index in [9.17, 15) is 0 Å². The first-order chi connectivity index (χ1) is 37.2. The SMILES string of the molecule is c1ccc(-c2nc(-c3ccccc3)nc(-c3ccc(-n4c5ccccc5c5ccccc54)c(-c4ccc(-n5c6ccccc6c6cc(-c7ccc8c(c7)c7ccccc7n8-c7ccccc7)ccc65)cc4)c3)n2)cc1. The van der Waals surface area contributed by atoms with Crippen LogP contribution in [0, 0.1) is 0 Å². The van der Waals surface area contributed by atoms with Gasteiger partial charge in [0, 0.05) is 65.9 Å². The second-order valence-electron chi connectivity index (χ2n) is 19.2. The van der Waals surface area contributed by atoms with Gasteiger partial charge in [0.25, 0.3) is 0 Å². The Morgan fingerprint density at radius 3 is 1.04 bits per heavy atom. The topological polar surface area (TPSA) is 53.5 Å². The number of benzene rings is 11. The average Bonchev–Trinajstić information content (AvgIpc) is 4.13. The lowest BCUT2D eigenvalue weighted by Gasteiger charge is -2.17. The zero-order chi connectivity index (χ0) is 49.4. The number of para-hydroxylation sites is 5. The normalized spacial score (nSPS) is 11.7. The molecule has 6 heteroatoms. The van der Waals surface area contributed by atoms with E-state index < -0.39 is 0 Å². The lowest BCUT2D eigenvalue weighted by molar-refractivity contribution is 1.07. The van der Waals surface area contributed by atoms with Gasteiger partial charge in [-0.2, -0.15) is 0 Å². The minimum Gasteiger partial charge on any atom is -0.309 e. The fourth-order valence-electron chi connectivity index (χ4n) is 11.4. The van der Waals surface area contributed by atoms with Crippen LogP contribution < -0.4 is 0 Å². The smallest absolute Gasteiger partial charge is 0.164 e. The minimum absolute atomic E-state index is 0.609. The van der Waals surface area contributed by atoms with E-state index in [4.69, 9.17) is 15.0 Å². The Morgan fingerprint density at radius 1 is 0.213 bits per heavy atom. The molecule has 0 spiro atoms. The van der Waals surface area contributed by atoms with Gasteiger partial charge in [-0.25, -0.2) is 15.0 Å². The van der Waals surface area contributed by atoms with E-state index in [-0.39, 0.29) is 0 Å². The second kappa shape index (κ2) is 17.3. The zero-order valence-corrected chi connectivity index (χ0v) is 40.6. The molecule has 75 heavy (non-hydrogen) atoms. The lowest BCUT2D eigenvalue weighted by atomic mass is 9.99. The molecule has 0 aliphatic heterocycles. The van der Waals surface area contributed by atoms with Crippen molar-refractivity contribution in [3.05, 3.63) is 267 Å². The molecule has 350 valence electrons. The Bertz CT molecular complexity index is 4570.